The van der Waals surface area contributed by atoms with Gasteiger partial charge in [-0.05, 0) is 12.3 Å². The summed E-state index contributed by atoms with van der Waals surface area (Å²) in [6.07, 6.45) is 6.55. The summed E-state index contributed by atoms with van der Waals surface area (Å²) in [7, 11) is 0. The Bertz CT molecular complexity index is 163. The van der Waals surface area contributed by atoms with Crippen molar-refractivity contribution in [2.75, 3.05) is 17.3 Å². The second kappa shape index (κ2) is 5.66. The van der Waals surface area contributed by atoms with Crippen LogP contribution in [0.25, 0.3) is 0 Å². The van der Waals surface area contributed by atoms with Crippen LogP contribution in [0.4, 0.5) is 0 Å². The molecule has 0 aromatic carbocycles. The zero-order valence-electron chi connectivity index (χ0n) is 8.65. The van der Waals surface area contributed by atoms with Crippen molar-refractivity contribution in [3.63, 3.8) is 0 Å². The molecule has 1 heterocycles. The maximum atomic E-state index is 10.1. The first-order valence-electron chi connectivity index (χ1n) is 5.73. The van der Waals surface area contributed by atoms with Crippen molar-refractivity contribution in [3.05, 3.63) is 0 Å². The molecule has 1 saturated heterocycles. The molecule has 0 bridgehead atoms. The number of aliphatic hydroxyl groups is 1. The van der Waals surface area contributed by atoms with Crippen LogP contribution in [0.1, 0.15) is 32.1 Å². The first-order chi connectivity index (χ1) is 6.86. The Morgan fingerprint density at radius 1 is 1.21 bits per heavy atom. The van der Waals surface area contributed by atoms with Gasteiger partial charge in [-0.25, -0.2) is 0 Å². The van der Waals surface area contributed by atoms with Gasteiger partial charge >= 0.3 is 0 Å². The van der Waals surface area contributed by atoms with Crippen molar-refractivity contribution in [2.24, 2.45) is 5.92 Å². The summed E-state index contributed by atoms with van der Waals surface area (Å²) < 4.78 is 0. The summed E-state index contributed by atoms with van der Waals surface area (Å²) in [4.78, 5) is 0. The number of aliphatic hydroxyl groups excluding tert-OH is 1. The predicted octanol–water partition coefficient (Wildman–Crippen LogP) is 2.78. The van der Waals surface area contributed by atoms with Crippen molar-refractivity contribution < 1.29 is 5.11 Å². The van der Waals surface area contributed by atoms with E-state index < -0.39 is 0 Å². The SMILES string of the molecule is OC(CC1CCCC1)C1CSCCS1. The Morgan fingerprint density at radius 2 is 2.00 bits per heavy atom. The van der Waals surface area contributed by atoms with Crippen LogP contribution in [-0.2, 0) is 0 Å². The van der Waals surface area contributed by atoms with Crippen LogP contribution in [0.5, 0.6) is 0 Å². The Morgan fingerprint density at radius 3 is 2.64 bits per heavy atom. The van der Waals surface area contributed by atoms with Gasteiger partial charge in [0.25, 0.3) is 0 Å². The van der Waals surface area contributed by atoms with Gasteiger partial charge in [0.2, 0.25) is 0 Å². The zero-order chi connectivity index (χ0) is 9.80. The molecule has 2 aliphatic rings. The lowest BCUT2D eigenvalue weighted by molar-refractivity contribution is 0.145. The van der Waals surface area contributed by atoms with Gasteiger partial charge in [-0.2, -0.15) is 23.5 Å². The molecule has 0 amide bonds. The molecule has 82 valence electrons. The molecule has 14 heavy (non-hydrogen) atoms. The molecule has 3 heteroatoms. The minimum Gasteiger partial charge on any atom is -0.392 e. The minimum absolute atomic E-state index is 0.0316. The van der Waals surface area contributed by atoms with Gasteiger partial charge in [0, 0.05) is 22.5 Å². The molecule has 1 nitrogen and oxygen atoms in total. The molecule has 2 rings (SSSR count). The Hall–Kier alpha value is 0.660. The molecule has 0 spiro atoms. The molecule has 1 N–H and O–H groups in total. The van der Waals surface area contributed by atoms with Crippen molar-refractivity contribution in [1.82, 2.24) is 0 Å². The number of hydrogen-bond donors (Lipinski definition) is 1. The fourth-order valence-corrected chi connectivity index (χ4v) is 5.25. The lowest BCUT2D eigenvalue weighted by atomic mass is 9.99. The van der Waals surface area contributed by atoms with E-state index >= 15 is 0 Å². The number of thioether (sulfide) groups is 2. The van der Waals surface area contributed by atoms with E-state index in [2.05, 4.69) is 0 Å². The number of rotatable bonds is 3. The summed E-state index contributed by atoms with van der Waals surface area (Å²) in [5.41, 5.74) is 0. The summed E-state index contributed by atoms with van der Waals surface area (Å²) in [6, 6.07) is 0. The molecule has 2 atom stereocenters. The van der Waals surface area contributed by atoms with E-state index in [1.807, 2.05) is 23.5 Å². The van der Waals surface area contributed by atoms with E-state index in [0.717, 1.165) is 12.3 Å². The maximum Gasteiger partial charge on any atom is 0.0669 e. The fraction of sp³-hybridized carbons (Fsp3) is 1.00. The standard InChI is InChI=1S/C11H20OS2/c12-10(7-9-3-1-2-4-9)11-8-13-5-6-14-11/h9-12H,1-8H2. The Labute approximate surface area is 95.4 Å². The van der Waals surface area contributed by atoms with Gasteiger partial charge in [-0.1, -0.05) is 25.7 Å². The molecular weight excluding hydrogens is 212 g/mol. The smallest absolute Gasteiger partial charge is 0.0669 e. The second-order valence-corrected chi connectivity index (χ2v) is 6.93. The average Bonchev–Trinajstić information content (AvgIpc) is 2.72. The quantitative estimate of drug-likeness (QED) is 0.808. The average molecular weight is 232 g/mol. The van der Waals surface area contributed by atoms with Crippen LogP contribution in [0.3, 0.4) is 0 Å². The van der Waals surface area contributed by atoms with Crippen LogP contribution in [-0.4, -0.2) is 33.7 Å². The van der Waals surface area contributed by atoms with Crippen LogP contribution in [0.15, 0.2) is 0 Å². The van der Waals surface area contributed by atoms with Crippen molar-refractivity contribution in [2.45, 2.75) is 43.5 Å². The van der Waals surface area contributed by atoms with E-state index in [1.165, 1.54) is 42.9 Å². The first-order valence-corrected chi connectivity index (χ1v) is 7.94. The van der Waals surface area contributed by atoms with Gasteiger partial charge in [0.15, 0.2) is 0 Å². The summed E-state index contributed by atoms with van der Waals surface area (Å²) >= 11 is 3.99. The minimum atomic E-state index is -0.0316. The lowest BCUT2D eigenvalue weighted by Gasteiger charge is -2.27. The molecule has 1 saturated carbocycles. The van der Waals surface area contributed by atoms with Crippen molar-refractivity contribution in [1.29, 1.82) is 0 Å². The highest BCUT2D eigenvalue weighted by atomic mass is 32.2. The molecule has 1 aliphatic carbocycles. The third kappa shape index (κ3) is 3.07. The monoisotopic (exact) mass is 232 g/mol. The van der Waals surface area contributed by atoms with Crippen LogP contribution >= 0.6 is 23.5 Å². The topological polar surface area (TPSA) is 20.2 Å². The van der Waals surface area contributed by atoms with E-state index in [4.69, 9.17) is 0 Å². The lowest BCUT2D eigenvalue weighted by Crippen LogP contribution is -2.30. The number of hydrogen-bond acceptors (Lipinski definition) is 3. The first kappa shape index (κ1) is 11.2. The molecule has 2 unspecified atom stereocenters. The largest absolute Gasteiger partial charge is 0.392 e. The molecule has 0 aromatic rings. The van der Waals surface area contributed by atoms with Gasteiger partial charge in [0.1, 0.15) is 0 Å². The van der Waals surface area contributed by atoms with E-state index in [1.54, 1.807) is 0 Å². The Balaban J connectivity index is 1.72. The Kier molecular flexibility index (Phi) is 4.51. The van der Waals surface area contributed by atoms with Gasteiger partial charge in [-0.15, -0.1) is 0 Å². The highest BCUT2D eigenvalue weighted by Gasteiger charge is 2.26. The zero-order valence-corrected chi connectivity index (χ0v) is 10.3. The van der Waals surface area contributed by atoms with Crippen molar-refractivity contribution >= 4 is 23.5 Å². The summed E-state index contributed by atoms with van der Waals surface area (Å²) in [5.74, 6) is 4.50. The maximum absolute atomic E-state index is 10.1. The van der Waals surface area contributed by atoms with Gasteiger partial charge in [-0.3, -0.25) is 0 Å². The van der Waals surface area contributed by atoms with Gasteiger partial charge in [0.05, 0.1) is 6.10 Å². The highest BCUT2D eigenvalue weighted by molar-refractivity contribution is 8.06. The summed E-state index contributed by atoms with van der Waals surface area (Å²) in [6.45, 7) is 0. The second-order valence-electron chi connectivity index (χ2n) is 4.44. The third-order valence-corrected chi connectivity index (χ3v) is 6.23. The molecule has 2 fully saturated rings. The molecule has 0 aromatic heterocycles. The van der Waals surface area contributed by atoms with Crippen LogP contribution in [0, 0.1) is 5.92 Å². The van der Waals surface area contributed by atoms with E-state index in [9.17, 15) is 5.11 Å². The predicted molar refractivity (Wildman–Crippen MR) is 66.2 cm³/mol. The fourth-order valence-electron chi connectivity index (χ4n) is 2.47. The molecule has 1 aliphatic heterocycles. The summed E-state index contributed by atoms with van der Waals surface area (Å²) in [5, 5.41) is 10.6. The van der Waals surface area contributed by atoms with E-state index in [-0.39, 0.29) is 6.10 Å². The van der Waals surface area contributed by atoms with Crippen LogP contribution < -0.4 is 0 Å². The molecular formula is C11H20OS2. The van der Waals surface area contributed by atoms with Crippen LogP contribution in [0.2, 0.25) is 0 Å². The molecule has 0 radical (unpaired) electrons. The van der Waals surface area contributed by atoms with Gasteiger partial charge < -0.3 is 5.11 Å². The normalized spacial score (nSPS) is 31.9. The third-order valence-electron chi connectivity index (χ3n) is 3.32. The van der Waals surface area contributed by atoms with Crippen molar-refractivity contribution in [3.8, 4) is 0 Å². The highest BCUT2D eigenvalue weighted by Crippen LogP contribution is 2.33. The van der Waals surface area contributed by atoms with E-state index in [0.29, 0.717) is 5.25 Å².